The van der Waals surface area contributed by atoms with Crippen LogP contribution in [0.15, 0.2) is 47.5 Å². The number of carbonyl (C=O) groups excluding carboxylic acids is 1. The molecule has 0 aromatic heterocycles. The molecule has 0 spiro atoms. The van der Waals surface area contributed by atoms with Crippen molar-refractivity contribution in [2.75, 3.05) is 0 Å². The summed E-state index contributed by atoms with van der Waals surface area (Å²) in [7, 11) is 0. The van der Waals surface area contributed by atoms with Crippen LogP contribution in [0.3, 0.4) is 0 Å². The molecule has 0 heterocycles. The van der Waals surface area contributed by atoms with Gasteiger partial charge in [-0.15, -0.1) is 6.58 Å². The lowest BCUT2D eigenvalue weighted by Gasteiger charge is -2.09. The van der Waals surface area contributed by atoms with E-state index in [1.807, 2.05) is 31.2 Å². The maximum atomic E-state index is 12.5. The Labute approximate surface area is 127 Å². The Morgan fingerprint density at radius 2 is 1.90 bits per heavy atom. The number of ketones is 1. The van der Waals surface area contributed by atoms with Gasteiger partial charge in [0.1, 0.15) is 0 Å². The molecule has 0 atom stereocenters. The van der Waals surface area contributed by atoms with Gasteiger partial charge in [-0.1, -0.05) is 67.3 Å². The molecule has 1 aromatic rings. The third-order valence-electron chi connectivity index (χ3n) is 3.26. The van der Waals surface area contributed by atoms with Crippen molar-refractivity contribution in [1.29, 1.82) is 0 Å². The lowest BCUT2D eigenvalue weighted by atomic mass is 9.98. The number of Topliss-reactive ketones (excluding diaryl/α,β-unsaturated/α-hetero) is 1. The molecular weight excluding hydrogens is 268 g/mol. The molecule has 0 saturated carbocycles. The van der Waals surface area contributed by atoms with Crippen LogP contribution < -0.4 is 0 Å². The van der Waals surface area contributed by atoms with E-state index in [1.54, 1.807) is 6.08 Å². The predicted octanol–water partition coefficient (Wildman–Crippen LogP) is 5.83. The molecule has 2 heteroatoms. The Bertz CT molecular complexity index is 483. The lowest BCUT2D eigenvalue weighted by molar-refractivity contribution is 0.103. The summed E-state index contributed by atoms with van der Waals surface area (Å²) in [6, 6.07) is 7.61. The zero-order valence-corrected chi connectivity index (χ0v) is 13.2. The van der Waals surface area contributed by atoms with E-state index >= 15 is 0 Å². The van der Waals surface area contributed by atoms with Crippen molar-refractivity contribution in [3.8, 4) is 0 Å². The number of hydrogen-bond donors (Lipinski definition) is 0. The number of rotatable bonds is 8. The molecule has 0 aliphatic carbocycles. The van der Waals surface area contributed by atoms with Crippen molar-refractivity contribution in [2.45, 2.75) is 46.0 Å². The predicted molar refractivity (Wildman–Crippen MR) is 87.3 cm³/mol. The van der Waals surface area contributed by atoms with E-state index in [2.05, 4.69) is 13.5 Å². The van der Waals surface area contributed by atoms with Gasteiger partial charge >= 0.3 is 0 Å². The van der Waals surface area contributed by atoms with E-state index in [0.717, 1.165) is 31.2 Å². The minimum absolute atomic E-state index is 0.0198. The van der Waals surface area contributed by atoms with E-state index in [1.165, 1.54) is 0 Å². The van der Waals surface area contributed by atoms with Crippen LogP contribution in [0.1, 0.15) is 54.9 Å². The topological polar surface area (TPSA) is 17.1 Å². The normalized spacial score (nSPS) is 11.9. The number of halogens is 1. The largest absolute Gasteiger partial charge is 0.289 e. The fourth-order valence-corrected chi connectivity index (χ4v) is 2.33. The van der Waals surface area contributed by atoms with Crippen LogP contribution in [-0.4, -0.2) is 5.78 Å². The number of allylic oxidation sites excluding steroid dienone is 3. The Morgan fingerprint density at radius 1 is 1.25 bits per heavy atom. The zero-order valence-electron chi connectivity index (χ0n) is 12.4. The van der Waals surface area contributed by atoms with Crippen LogP contribution in [0, 0.1) is 6.92 Å². The molecule has 1 aromatic carbocycles. The first-order valence-electron chi connectivity index (χ1n) is 7.20. The molecule has 0 N–H and O–H groups in total. The van der Waals surface area contributed by atoms with Crippen LogP contribution in [0.25, 0.3) is 0 Å². The fourth-order valence-electron chi connectivity index (χ4n) is 2.03. The molecule has 1 nitrogen and oxygen atoms in total. The molecule has 108 valence electrons. The second-order valence-corrected chi connectivity index (χ2v) is 5.48. The summed E-state index contributed by atoms with van der Waals surface area (Å²) in [5, 5.41) is 0.684. The van der Waals surface area contributed by atoms with Crippen molar-refractivity contribution in [2.24, 2.45) is 0 Å². The number of benzene rings is 1. The molecule has 20 heavy (non-hydrogen) atoms. The highest BCUT2D eigenvalue weighted by Gasteiger charge is 2.15. The summed E-state index contributed by atoms with van der Waals surface area (Å²) < 4.78 is 0. The number of unbranched alkanes of at least 4 members (excludes halogenated alkanes) is 2. The number of carbonyl (C=O) groups is 1. The first-order chi connectivity index (χ1) is 9.60. The summed E-state index contributed by atoms with van der Waals surface area (Å²) >= 11 is 6.35. The van der Waals surface area contributed by atoms with Gasteiger partial charge in [0.05, 0.1) is 0 Å². The SMILES string of the molecule is C=CC/C(C(=O)c1ccc(C)cc1)=C(\Cl)CCCCC. The van der Waals surface area contributed by atoms with E-state index in [9.17, 15) is 4.79 Å². The maximum absolute atomic E-state index is 12.5. The highest BCUT2D eigenvalue weighted by atomic mass is 35.5. The summed E-state index contributed by atoms with van der Waals surface area (Å²) in [4.78, 5) is 12.5. The van der Waals surface area contributed by atoms with Gasteiger partial charge in [-0.25, -0.2) is 0 Å². The molecule has 0 saturated heterocycles. The molecule has 0 radical (unpaired) electrons. The molecular formula is C18H23ClO. The van der Waals surface area contributed by atoms with Gasteiger partial charge in [0.25, 0.3) is 0 Å². The van der Waals surface area contributed by atoms with Gasteiger partial charge < -0.3 is 0 Å². The second kappa shape index (κ2) is 8.76. The summed E-state index contributed by atoms with van der Waals surface area (Å²) in [6.07, 6.45) is 6.35. The van der Waals surface area contributed by atoms with Crippen molar-refractivity contribution in [3.05, 3.63) is 58.7 Å². The maximum Gasteiger partial charge on any atom is 0.190 e. The average Bonchev–Trinajstić information content (AvgIpc) is 2.45. The van der Waals surface area contributed by atoms with E-state index < -0.39 is 0 Å². The Kier molecular flexibility index (Phi) is 7.32. The van der Waals surface area contributed by atoms with Crippen LogP contribution in [0.4, 0.5) is 0 Å². The van der Waals surface area contributed by atoms with Crippen LogP contribution in [0.2, 0.25) is 0 Å². The third-order valence-corrected chi connectivity index (χ3v) is 3.68. The minimum Gasteiger partial charge on any atom is -0.289 e. The quantitative estimate of drug-likeness (QED) is 0.255. The van der Waals surface area contributed by atoms with Crippen molar-refractivity contribution < 1.29 is 4.79 Å². The average molecular weight is 291 g/mol. The summed E-state index contributed by atoms with van der Waals surface area (Å²) in [6.45, 7) is 7.88. The van der Waals surface area contributed by atoms with Crippen molar-refractivity contribution >= 4 is 17.4 Å². The van der Waals surface area contributed by atoms with E-state index in [-0.39, 0.29) is 5.78 Å². The highest BCUT2D eigenvalue weighted by Crippen LogP contribution is 2.24. The number of aryl methyl sites for hydroxylation is 1. The van der Waals surface area contributed by atoms with Gasteiger partial charge in [-0.2, -0.15) is 0 Å². The van der Waals surface area contributed by atoms with Crippen LogP contribution >= 0.6 is 11.6 Å². The second-order valence-electron chi connectivity index (χ2n) is 5.03. The molecule has 0 fully saturated rings. The van der Waals surface area contributed by atoms with Gasteiger partial charge in [0.15, 0.2) is 5.78 Å². The molecule has 0 amide bonds. The van der Waals surface area contributed by atoms with Gasteiger partial charge in [-0.05, 0) is 26.2 Å². The van der Waals surface area contributed by atoms with Crippen molar-refractivity contribution in [1.82, 2.24) is 0 Å². The first-order valence-corrected chi connectivity index (χ1v) is 7.57. The van der Waals surface area contributed by atoms with Gasteiger partial charge in [0.2, 0.25) is 0 Å². The molecule has 0 aliphatic rings. The molecule has 1 rings (SSSR count). The monoisotopic (exact) mass is 290 g/mol. The zero-order chi connectivity index (χ0) is 15.0. The molecule has 0 bridgehead atoms. The van der Waals surface area contributed by atoms with Crippen molar-refractivity contribution in [3.63, 3.8) is 0 Å². The smallest absolute Gasteiger partial charge is 0.190 e. The Hall–Kier alpha value is -1.34. The number of hydrogen-bond acceptors (Lipinski definition) is 1. The lowest BCUT2D eigenvalue weighted by Crippen LogP contribution is -2.05. The van der Waals surface area contributed by atoms with Crippen LogP contribution in [-0.2, 0) is 0 Å². The molecule has 0 unspecified atom stereocenters. The standard InChI is InChI=1S/C18H23ClO/c1-4-6-7-9-17(19)16(8-5-2)18(20)15-12-10-14(3)11-13-15/h5,10-13H,2,4,6-9H2,1,3H3/b17-16+. The summed E-state index contributed by atoms with van der Waals surface area (Å²) in [5.74, 6) is 0.0198. The van der Waals surface area contributed by atoms with E-state index in [0.29, 0.717) is 22.6 Å². The minimum atomic E-state index is 0.0198. The summed E-state index contributed by atoms with van der Waals surface area (Å²) in [5.41, 5.74) is 2.52. The highest BCUT2D eigenvalue weighted by molar-refractivity contribution is 6.32. The van der Waals surface area contributed by atoms with Gasteiger partial charge in [-0.3, -0.25) is 4.79 Å². The van der Waals surface area contributed by atoms with Crippen LogP contribution in [0.5, 0.6) is 0 Å². The first kappa shape index (κ1) is 16.7. The Morgan fingerprint density at radius 3 is 2.45 bits per heavy atom. The Balaban J connectivity index is 2.93. The van der Waals surface area contributed by atoms with Gasteiger partial charge in [0, 0.05) is 16.2 Å². The fraction of sp³-hybridized carbons (Fsp3) is 0.389. The third kappa shape index (κ3) is 4.97. The van der Waals surface area contributed by atoms with E-state index in [4.69, 9.17) is 11.6 Å². The molecule has 0 aliphatic heterocycles.